The molecule has 2 amide bonds. The van der Waals surface area contributed by atoms with Crippen molar-refractivity contribution in [1.82, 2.24) is 10.2 Å². The van der Waals surface area contributed by atoms with Gasteiger partial charge in [-0.1, -0.05) is 50.1 Å². The van der Waals surface area contributed by atoms with Crippen LogP contribution in [0.15, 0.2) is 30.3 Å². The van der Waals surface area contributed by atoms with E-state index in [-0.39, 0.29) is 17.7 Å². The lowest BCUT2D eigenvalue weighted by atomic mass is 10.1. The van der Waals surface area contributed by atoms with Gasteiger partial charge in [-0.15, -0.1) is 0 Å². The molecule has 1 aliphatic rings. The van der Waals surface area contributed by atoms with Crippen LogP contribution in [-0.2, 0) is 16.0 Å². The minimum Gasteiger partial charge on any atom is -0.356 e. The van der Waals surface area contributed by atoms with Gasteiger partial charge in [0.2, 0.25) is 11.8 Å². The Hall–Kier alpha value is -1.84. The zero-order chi connectivity index (χ0) is 16.5. The van der Waals surface area contributed by atoms with E-state index in [1.807, 2.05) is 23.1 Å². The summed E-state index contributed by atoms with van der Waals surface area (Å²) in [6, 6.07) is 10.3. The first kappa shape index (κ1) is 17.5. The summed E-state index contributed by atoms with van der Waals surface area (Å²) in [6.07, 6.45) is 5.59. The van der Waals surface area contributed by atoms with Crippen LogP contribution in [0.1, 0.15) is 44.6 Å². The highest BCUT2D eigenvalue weighted by molar-refractivity contribution is 5.89. The Bertz CT molecular complexity index is 501. The van der Waals surface area contributed by atoms with Crippen LogP contribution in [0, 0.1) is 5.92 Å². The van der Waals surface area contributed by atoms with Gasteiger partial charge in [-0.05, 0) is 24.8 Å². The van der Waals surface area contributed by atoms with Crippen LogP contribution in [-0.4, -0.2) is 36.3 Å². The van der Waals surface area contributed by atoms with E-state index in [4.69, 9.17) is 0 Å². The van der Waals surface area contributed by atoms with Crippen molar-refractivity contribution >= 4 is 11.8 Å². The first-order valence-electron chi connectivity index (χ1n) is 8.80. The minimum absolute atomic E-state index is 0.0319. The molecule has 1 fully saturated rings. The fourth-order valence-corrected chi connectivity index (χ4v) is 3.01. The summed E-state index contributed by atoms with van der Waals surface area (Å²) < 4.78 is 0. The van der Waals surface area contributed by atoms with Gasteiger partial charge >= 0.3 is 0 Å². The van der Waals surface area contributed by atoms with E-state index in [9.17, 15) is 9.59 Å². The number of benzene rings is 1. The number of rotatable bonds is 9. The quantitative estimate of drug-likeness (QED) is 0.712. The van der Waals surface area contributed by atoms with Crippen molar-refractivity contribution in [2.75, 3.05) is 19.6 Å². The second-order valence-corrected chi connectivity index (χ2v) is 6.33. The topological polar surface area (TPSA) is 49.4 Å². The summed E-state index contributed by atoms with van der Waals surface area (Å²) in [5, 5.41) is 2.99. The lowest BCUT2D eigenvalue weighted by molar-refractivity contribution is -0.129. The van der Waals surface area contributed by atoms with E-state index in [0.717, 1.165) is 38.6 Å². The smallest absolute Gasteiger partial charge is 0.225 e. The predicted octanol–water partition coefficient (Wildman–Crippen LogP) is 2.77. The molecule has 126 valence electrons. The molecule has 0 aliphatic carbocycles. The molecule has 0 saturated carbocycles. The van der Waals surface area contributed by atoms with E-state index in [0.29, 0.717) is 19.5 Å². The maximum atomic E-state index is 12.2. The summed E-state index contributed by atoms with van der Waals surface area (Å²) in [7, 11) is 0. The van der Waals surface area contributed by atoms with Crippen molar-refractivity contribution in [3.8, 4) is 0 Å². The molecule has 1 unspecified atom stereocenters. The Kier molecular flexibility index (Phi) is 7.11. The molecule has 1 saturated heterocycles. The van der Waals surface area contributed by atoms with Gasteiger partial charge in [-0.3, -0.25) is 9.59 Å². The van der Waals surface area contributed by atoms with E-state index in [1.54, 1.807) is 0 Å². The van der Waals surface area contributed by atoms with Crippen molar-refractivity contribution in [2.45, 2.75) is 45.4 Å². The largest absolute Gasteiger partial charge is 0.356 e. The monoisotopic (exact) mass is 316 g/mol. The van der Waals surface area contributed by atoms with E-state index < -0.39 is 0 Å². The van der Waals surface area contributed by atoms with Crippen LogP contribution in [0.4, 0.5) is 0 Å². The fourth-order valence-electron chi connectivity index (χ4n) is 3.01. The second kappa shape index (κ2) is 9.33. The number of amides is 2. The minimum atomic E-state index is -0.166. The van der Waals surface area contributed by atoms with Gasteiger partial charge in [0, 0.05) is 26.1 Å². The number of carbonyl (C=O) groups excluding carboxylic acids is 2. The van der Waals surface area contributed by atoms with E-state index in [1.165, 1.54) is 5.56 Å². The molecule has 1 aromatic carbocycles. The van der Waals surface area contributed by atoms with Crippen LogP contribution in [0.25, 0.3) is 0 Å². The Morgan fingerprint density at radius 1 is 1.22 bits per heavy atom. The van der Waals surface area contributed by atoms with Gasteiger partial charge < -0.3 is 10.2 Å². The summed E-state index contributed by atoms with van der Waals surface area (Å²) in [5.41, 5.74) is 1.29. The van der Waals surface area contributed by atoms with Gasteiger partial charge in [0.15, 0.2) is 0 Å². The van der Waals surface area contributed by atoms with Gasteiger partial charge in [-0.2, -0.15) is 0 Å². The number of hydrogen-bond donors (Lipinski definition) is 1. The third kappa shape index (κ3) is 5.70. The fraction of sp³-hybridized carbons (Fsp3) is 0.579. The van der Waals surface area contributed by atoms with Crippen molar-refractivity contribution in [2.24, 2.45) is 5.92 Å². The first-order valence-corrected chi connectivity index (χ1v) is 8.80. The average Bonchev–Trinajstić information content (AvgIpc) is 2.94. The highest BCUT2D eigenvalue weighted by Gasteiger charge is 2.33. The maximum absolute atomic E-state index is 12.2. The Morgan fingerprint density at radius 2 is 2.00 bits per heavy atom. The lowest BCUT2D eigenvalue weighted by Crippen LogP contribution is -2.33. The van der Waals surface area contributed by atoms with Crippen LogP contribution in [0.5, 0.6) is 0 Å². The standard InChI is InChI=1S/C19H28N2O2/c1-2-3-7-13-21-15-17(14-18(21)22)19(23)20-12-8-11-16-9-5-4-6-10-16/h4-6,9-10,17H,2-3,7-8,11-15H2,1H3,(H,20,23). The maximum Gasteiger partial charge on any atom is 0.225 e. The molecule has 0 spiro atoms. The molecule has 4 heteroatoms. The molecule has 1 atom stereocenters. The molecular weight excluding hydrogens is 288 g/mol. The van der Waals surface area contributed by atoms with Crippen LogP contribution >= 0.6 is 0 Å². The molecule has 1 N–H and O–H groups in total. The van der Waals surface area contributed by atoms with Crippen molar-refractivity contribution in [3.05, 3.63) is 35.9 Å². The molecule has 1 heterocycles. The number of unbranched alkanes of at least 4 members (excludes halogenated alkanes) is 2. The molecule has 1 aromatic rings. The summed E-state index contributed by atoms with van der Waals surface area (Å²) in [6.45, 7) is 4.21. The summed E-state index contributed by atoms with van der Waals surface area (Å²) >= 11 is 0. The SMILES string of the molecule is CCCCCN1CC(C(=O)NCCCc2ccccc2)CC1=O. The molecule has 0 radical (unpaired) electrons. The highest BCUT2D eigenvalue weighted by Crippen LogP contribution is 2.18. The number of likely N-dealkylation sites (tertiary alicyclic amines) is 1. The Balaban J connectivity index is 1.65. The number of hydrogen-bond acceptors (Lipinski definition) is 2. The third-order valence-corrected chi connectivity index (χ3v) is 4.40. The highest BCUT2D eigenvalue weighted by atomic mass is 16.2. The van der Waals surface area contributed by atoms with Crippen molar-refractivity contribution in [1.29, 1.82) is 0 Å². The van der Waals surface area contributed by atoms with Gasteiger partial charge in [0.25, 0.3) is 0 Å². The number of nitrogens with zero attached hydrogens (tertiary/aromatic N) is 1. The van der Waals surface area contributed by atoms with E-state index in [2.05, 4.69) is 24.4 Å². The van der Waals surface area contributed by atoms with Crippen molar-refractivity contribution in [3.63, 3.8) is 0 Å². The van der Waals surface area contributed by atoms with Gasteiger partial charge in [0.1, 0.15) is 0 Å². The van der Waals surface area contributed by atoms with E-state index >= 15 is 0 Å². The molecule has 2 rings (SSSR count). The molecule has 0 aromatic heterocycles. The Morgan fingerprint density at radius 3 is 2.74 bits per heavy atom. The number of carbonyl (C=O) groups is 2. The third-order valence-electron chi connectivity index (χ3n) is 4.40. The van der Waals surface area contributed by atoms with Crippen LogP contribution < -0.4 is 5.32 Å². The first-order chi connectivity index (χ1) is 11.2. The Labute approximate surface area is 139 Å². The second-order valence-electron chi connectivity index (χ2n) is 6.33. The number of nitrogens with one attached hydrogen (secondary N) is 1. The molecule has 0 bridgehead atoms. The molecule has 4 nitrogen and oxygen atoms in total. The van der Waals surface area contributed by atoms with Crippen molar-refractivity contribution < 1.29 is 9.59 Å². The zero-order valence-corrected chi connectivity index (χ0v) is 14.1. The normalized spacial score (nSPS) is 17.5. The lowest BCUT2D eigenvalue weighted by Gasteiger charge is -2.16. The van der Waals surface area contributed by atoms with Crippen LogP contribution in [0.2, 0.25) is 0 Å². The molecule has 1 aliphatic heterocycles. The summed E-state index contributed by atoms with van der Waals surface area (Å²) in [5.74, 6) is -0.00389. The molecular formula is C19H28N2O2. The average molecular weight is 316 g/mol. The number of aryl methyl sites for hydroxylation is 1. The predicted molar refractivity (Wildman–Crippen MR) is 92.0 cm³/mol. The summed E-state index contributed by atoms with van der Waals surface area (Å²) in [4.78, 5) is 26.0. The van der Waals surface area contributed by atoms with Gasteiger partial charge in [-0.25, -0.2) is 0 Å². The van der Waals surface area contributed by atoms with Gasteiger partial charge in [0.05, 0.1) is 5.92 Å². The zero-order valence-electron chi connectivity index (χ0n) is 14.1. The molecule has 23 heavy (non-hydrogen) atoms. The van der Waals surface area contributed by atoms with Crippen LogP contribution in [0.3, 0.4) is 0 Å².